The normalized spacial score (nSPS) is 11.3. The van der Waals surface area contributed by atoms with Gasteiger partial charge in [-0.05, 0) is 43.7 Å². The second kappa shape index (κ2) is 5.41. The highest BCUT2D eigenvalue weighted by atomic mass is 35.5. The monoisotopic (exact) mass is 301 g/mol. The molecular weight excluding hydrogens is 286 g/mol. The number of carbonyl (C=O) groups is 1. The average molecular weight is 302 g/mol. The summed E-state index contributed by atoms with van der Waals surface area (Å²) in [5.41, 5.74) is 3.43. The molecule has 0 unspecified atom stereocenters. The van der Waals surface area contributed by atoms with Gasteiger partial charge in [0, 0.05) is 39.8 Å². The summed E-state index contributed by atoms with van der Waals surface area (Å²) in [5.74, 6) is -0.755. The molecule has 1 heterocycles. The first kappa shape index (κ1) is 14.0. The predicted molar refractivity (Wildman–Crippen MR) is 86.1 cm³/mol. The molecule has 3 aromatic rings. The number of aliphatic carboxylic acids is 1. The van der Waals surface area contributed by atoms with Gasteiger partial charge in [0.1, 0.15) is 0 Å². The Morgan fingerprint density at radius 2 is 1.81 bits per heavy atom. The van der Waals surface area contributed by atoms with Crippen molar-refractivity contribution in [2.24, 2.45) is 0 Å². The Kier molecular flexibility index (Phi) is 3.60. The van der Waals surface area contributed by atoms with Crippen LogP contribution in [-0.2, 0) is 11.3 Å². The van der Waals surface area contributed by atoms with Gasteiger partial charge in [-0.25, -0.2) is 0 Å². The van der Waals surface area contributed by atoms with Crippen LogP contribution in [0, 0.1) is 6.92 Å². The summed E-state index contributed by atoms with van der Waals surface area (Å²) in [6, 6.07) is 12.2. The minimum Gasteiger partial charge on any atom is -0.481 e. The quantitative estimate of drug-likeness (QED) is 0.764. The molecule has 0 aliphatic carbocycles. The fourth-order valence-electron chi connectivity index (χ4n) is 2.82. The van der Waals surface area contributed by atoms with Gasteiger partial charge < -0.3 is 9.67 Å². The van der Waals surface area contributed by atoms with Crippen molar-refractivity contribution in [2.75, 3.05) is 0 Å². The van der Waals surface area contributed by atoms with E-state index in [0.29, 0.717) is 18.0 Å². The van der Waals surface area contributed by atoms with Crippen LogP contribution in [0.25, 0.3) is 21.8 Å². The van der Waals surface area contributed by atoms with Crippen molar-refractivity contribution < 1.29 is 9.90 Å². The maximum atomic E-state index is 10.7. The average Bonchev–Trinajstić information content (AvgIpc) is 2.72. The lowest BCUT2D eigenvalue weighted by molar-refractivity contribution is -0.137. The largest absolute Gasteiger partial charge is 0.481 e. The fourth-order valence-corrected chi connectivity index (χ4v) is 2.99. The third-order valence-electron chi connectivity index (χ3n) is 3.75. The van der Waals surface area contributed by atoms with Gasteiger partial charge in [0.15, 0.2) is 0 Å². The maximum absolute atomic E-state index is 10.7. The molecule has 0 saturated heterocycles. The van der Waals surface area contributed by atoms with E-state index in [1.807, 2.05) is 18.2 Å². The van der Waals surface area contributed by atoms with Gasteiger partial charge in [0.2, 0.25) is 0 Å². The summed E-state index contributed by atoms with van der Waals surface area (Å²) in [7, 11) is 0. The smallest absolute Gasteiger partial charge is 0.303 e. The van der Waals surface area contributed by atoms with Crippen LogP contribution in [0.4, 0.5) is 0 Å². The zero-order chi connectivity index (χ0) is 15.0. The number of rotatable bonds is 4. The van der Waals surface area contributed by atoms with E-state index in [-0.39, 0.29) is 6.42 Å². The fraction of sp³-hybridized carbons (Fsp3) is 0.235. The van der Waals surface area contributed by atoms with E-state index in [4.69, 9.17) is 16.7 Å². The van der Waals surface area contributed by atoms with Crippen molar-refractivity contribution in [3.05, 3.63) is 47.0 Å². The number of benzene rings is 2. The van der Waals surface area contributed by atoms with Crippen molar-refractivity contribution in [3.63, 3.8) is 0 Å². The van der Waals surface area contributed by atoms with Gasteiger partial charge >= 0.3 is 5.97 Å². The molecule has 108 valence electrons. The number of carboxylic acid groups (broad SMARTS) is 1. The van der Waals surface area contributed by atoms with Crippen molar-refractivity contribution in [3.8, 4) is 0 Å². The Balaban J connectivity index is 2.17. The molecule has 2 aromatic carbocycles. The highest BCUT2D eigenvalue weighted by Gasteiger charge is 2.11. The Morgan fingerprint density at radius 3 is 2.52 bits per heavy atom. The van der Waals surface area contributed by atoms with Crippen LogP contribution in [0.2, 0.25) is 5.02 Å². The van der Waals surface area contributed by atoms with Crippen LogP contribution in [0.3, 0.4) is 0 Å². The molecule has 3 nitrogen and oxygen atoms in total. The van der Waals surface area contributed by atoms with E-state index in [1.165, 1.54) is 10.9 Å². The number of aromatic nitrogens is 1. The first-order valence-electron chi connectivity index (χ1n) is 6.96. The second-order valence-electron chi connectivity index (χ2n) is 5.33. The number of hydrogen-bond donors (Lipinski definition) is 1. The van der Waals surface area contributed by atoms with Gasteiger partial charge in [-0.2, -0.15) is 0 Å². The minimum atomic E-state index is -0.755. The molecule has 1 N–H and O–H groups in total. The summed E-state index contributed by atoms with van der Waals surface area (Å²) in [6.07, 6.45) is 0.797. The summed E-state index contributed by atoms with van der Waals surface area (Å²) < 4.78 is 2.18. The maximum Gasteiger partial charge on any atom is 0.303 e. The molecule has 0 amide bonds. The van der Waals surface area contributed by atoms with E-state index in [2.05, 4.69) is 29.7 Å². The van der Waals surface area contributed by atoms with Gasteiger partial charge in [-0.15, -0.1) is 0 Å². The summed E-state index contributed by atoms with van der Waals surface area (Å²) in [6.45, 7) is 2.76. The third-order valence-corrected chi connectivity index (χ3v) is 3.99. The molecule has 21 heavy (non-hydrogen) atoms. The predicted octanol–water partition coefficient (Wildman–Crippen LogP) is 4.62. The van der Waals surface area contributed by atoms with Gasteiger partial charge in [0.05, 0.1) is 0 Å². The van der Waals surface area contributed by atoms with Crippen LogP contribution in [0.5, 0.6) is 0 Å². The first-order chi connectivity index (χ1) is 10.1. The standard InChI is InChI=1S/C17H16ClNO2/c1-11-4-6-15-13(9-11)14-10-12(18)5-7-16(14)19(15)8-2-3-17(20)21/h4-7,9-10H,2-3,8H2,1H3,(H,20,21). The molecule has 0 aliphatic rings. The Labute approximate surface area is 127 Å². The molecule has 4 heteroatoms. The van der Waals surface area contributed by atoms with Crippen LogP contribution >= 0.6 is 11.6 Å². The summed E-state index contributed by atoms with van der Waals surface area (Å²) in [5, 5.41) is 11.8. The molecule has 0 radical (unpaired) electrons. The van der Waals surface area contributed by atoms with Gasteiger partial charge in [0.25, 0.3) is 0 Å². The van der Waals surface area contributed by atoms with Gasteiger partial charge in [-0.1, -0.05) is 23.2 Å². The molecule has 0 atom stereocenters. The second-order valence-corrected chi connectivity index (χ2v) is 5.77. The molecular formula is C17H16ClNO2. The lowest BCUT2D eigenvalue weighted by Gasteiger charge is -2.06. The molecule has 1 aromatic heterocycles. The van der Waals surface area contributed by atoms with Crippen LogP contribution in [-0.4, -0.2) is 15.6 Å². The van der Waals surface area contributed by atoms with Crippen molar-refractivity contribution in [1.82, 2.24) is 4.57 Å². The molecule has 0 saturated carbocycles. The SMILES string of the molecule is Cc1ccc2c(c1)c1cc(Cl)ccc1n2CCCC(=O)O. The van der Waals surface area contributed by atoms with Gasteiger partial charge in [-0.3, -0.25) is 4.79 Å². The lowest BCUT2D eigenvalue weighted by Crippen LogP contribution is -2.01. The zero-order valence-corrected chi connectivity index (χ0v) is 12.5. The number of halogens is 1. The summed E-state index contributed by atoms with van der Waals surface area (Å²) in [4.78, 5) is 10.7. The zero-order valence-electron chi connectivity index (χ0n) is 11.8. The number of nitrogens with zero attached hydrogens (tertiary/aromatic N) is 1. The van der Waals surface area contributed by atoms with Crippen LogP contribution in [0.1, 0.15) is 18.4 Å². The summed E-state index contributed by atoms with van der Waals surface area (Å²) >= 11 is 6.13. The molecule has 0 aliphatic heterocycles. The van der Waals surface area contributed by atoms with E-state index in [0.717, 1.165) is 16.4 Å². The molecule has 3 rings (SSSR count). The third kappa shape index (κ3) is 2.61. The van der Waals surface area contributed by atoms with Crippen LogP contribution in [0.15, 0.2) is 36.4 Å². The first-order valence-corrected chi connectivity index (χ1v) is 7.34. The van der Waals surface area contributed by atoms with Crippen molar-refractivity contribution in [2.45, 2.75) is 26.3 Å². The highest BCUT2D eigenvalue weighted by Crippen LogP contribution is 2.32. The van der Waals surface area contributed by atoms with E-state index in [1.54, 1.807) is 0 Å². The van der Waals surface area contributed by atoms with E-state index >= 15 is 0 Å². The molecule has 0 bridgehead atoms. The topological polar surface area (TPSA) is 42.2 Å². The minimum absolute atomic E-state index is 0.181. The Morgan fingerprint density at radius 1 is 1.14 bits per heavy atom. The van der Waals surface area contributed by atoms with Crippen molar-refractivity contribution in [1.29, 1.82) is 0 Å². The molecule has 0 fully saturated rings. The Bertz CT molecular complexity index is 776. The molecule has 0 spiro atoms. The number of carboxylic acids is 1. The highest BCUT2D eigenvalue weighted by molar-refractivity contribution is 6.31. The number of fused-ring (bicyclic) bond motifs is 3. The lowest BCUT2D eigenvalue weighted by atomic mass is 10.1. The van der Waals surface area contributed by atoms with Crippen LogP contribution < -0.4 is 0 Å². The van der Waals surface area contributed by atoms with E-state index in [9.17, 15) is 4.79 Å². The van der Waals surface area contributed by atoms with Crippen molar-refractivity contribution >= 4 is 39.4 Å². The number of aryl methyl sites for hydroxylation is 2. The van der Waals surface area contributed by atoms with E-state index < -0.39 is 5.97 Å². The number of hydrogen-bond acceptors (Lipinski definition) is 1. The Hall–Kier alpha value is -2.00.